The number of pyridine rings is 2. The van der Waals surface area contributed by atoms with Crippen molar-refractivity contribution in [1.82, 2.24) is 14.9 Å². The van der Waals surface area contributed by atoms with Gasteiger partial charge in [0.15, 0.2) is 0 Å². The molecule has 3 heterocycles. The van der Waals surface area contributed by atoms with Gasteiger partial charge in [0.25, 0.3) is 0 Å². The molecule has 4 atom stereocenters. The van der Waals surface area contributed by atoms with Crippen LogP contribution in [0.15, 0.2) is 36.7 Å². The number of rotatable bonds is 4. The lowest BCUT2D eigenvalue weighted by atomic mass is 9.91. The number of halogens is 1. The lowest BCUT2D eigenvalue weighted by Crippen LogP contribution is -2.31. The van der Waals surface area contributed by atoms with Crippen molar-refractivity contribution in [2.24, 2.45) is 11.8 Å². The Hall–Kier alpha value is -2.05. The lowest BCUT2D eigenvalue weighted by Gasteiger charge is -2.27. The Morgan fingerprint density at radius 2 is 1.96 bits per heavy atom. The molecule has 1 unspecified atom stereocenters. The highest BCUT2D eigenvalue weighted by Gasteiger charge is 2.50. The zero-order chi connectivity index (χ0) is 18.3. The molecule has 138 valence electrons. The largest absolute Gasteiger partial charge is 0.506 e. The molecule has 2 N–H and O–H groups in total. The molecule has 1 saturated heterocycles. The van der Waals surface area contributed by atoms with Gasteiger partial charge in [-0.25, -0.2) is 4.98 Å². The maximum atomic E-state index is 14.0. The molecule has 5 nitrogen and oxygen atoms in total. The number of aromatic nitrogens is 2. The molecule has 1 saturated carbocycles. The average molecular weight is 357 g/mol. The molecule has 0 amide bonds. The third kappa shape index (κ3) is 3.19. The van der Waals surface area contributed by atoms with E-state index in [-0.39, 0.29) is 11.7 Å². The average Bonchev–Trinajstić information content (AvgIpc) is 3.10. The van der Waals surface area contributed by atoms with Crippen molar-refractivity contribution in [3.05, 3.63) is 53.9 Å². The molecule has 4 rings (SSSR count). The summed E-state index contributed by atoms with van der Waals surface area (Å²) in [6.45, 7) is 4.86. The van der Waals surface area contributed by atoms with E-state index in [1.807, 2.05) is 6.07 Å². The Bertz CT molecular complexity index is 769. The molecule has 0 spiro atoms. The molecular formula is C20H24FN3O2. The number of aromatic hydroxyl groups is 1. The van der Waals surface area contributed by atoms with Crippen LogP contribution < -0.4 is 0 Å². The first-order valence-corrected chi connectivity index (χ1v) is 9.15. The van der Waals surface area contributed by atoms with E-state index < -0.39 is 11.5 Å². The van der Waals surface area contributed by atoms with Gasteiger partial charge in [0.05, 0.1) is 11.8 Å². The molecule has 0 radical (unpaired) electrons. The number of nitrogens with zero attached hydrogens (tertiary/aromatic N) is 3. The molecule has 26 heavy (non-hydrogen) atoms. The van der Waals surface area contributed by atoms with Crippen molar-refractivity contribution in [2.45, 2.75) is 31.3 Å². The molecule has 2 fully saturated rings. The third-order valence-electron chi connectivity index (χ3n) is 5.92. The van der Waals surface area contributed by atoms with Crippen molar-refractivity contribution in [2.75, 3.05) is 19.6 Å². The molecule has 6 heteroatoms. The SMILES string of the molecule is CC(CN1C[C@@H]2C[C@@](O)(c3cccnc3F)C[C@@H]2C1)c1ccc(O)cn1. The minimum absolute atomic E-state index is 0.179. The number of likely N-dealkylation sites (tertiary alicyclic amines) is 1. The smallest absolute Gasteiger partial charge is 0.218 e. The van der Waals surface area contributed by atoms with Gasteiger partial charge >= 0.3 is 0 Å². The molecule has 0 bridgehead atoms. The summed E-state index contributed by atoms with van der Waals surface area (Å²) in [4.78, 5) is 10.4. The van der Waals surface area contributed by atoms with E-state index in [4.69, 9.17) is 0 Å². The maximum Gasteiger partial charge on any atom is 0.218 e. The summed E-state index contributed by atoms with van der Waals surface area (Å²) in [5, 5.41) is 20.4. The molecule has 0 aromatic carbocycles. The van der Waals surface area contributed by atoms with E-state index in [0.29, 0.717) is 30.2 Å². The fraction of sp³-hybridized carbons (Fsp3) is 0.500. The molecule has 2 aromatic rings. The fourth-order valence-corrected chi connectivity index (χ4v) is 4.72. The second-order valence-corrected chi connectivity index (χ2v) is 7.86. The van der Waals surface area contributed by atoms with Crippen LogP contribution in [0.3, 0.4) is 0 Å². The van der Waals surface area contributed by atoms with Crippen LogP contribution in [0.1, 0.15) is 36.9 Å². The standard InChI is InChI=1S/C20H24FN3O2/c1-13(18-5-4-16(25)9-23-18)10-24-11-14-7-20(26,8-15(14)12-24)17-3-2-6-22-19(17)21/h2-6,9,13-15,25-26H,7-8,10-12H2,1H3/t13?,14-,15+,20-. The first kappa shape index (κ1) is 17.4. The van der Waals surface area contributed by atoms with Crippen LogP contribution in [-0.2, 0) is 5.60 Å². The van der Waals surface area contributed by atoms with Gasteiger partial charge in [-0.2, -0.15) is 4.39 Å². The van der Waals surface area contributed by atoms with Crippen molar-refractivity contribution in [3.63, 3.8) is 0 Å². The zero-order valence-corrected chi connectivity index (χ0v) is 14.8. The number of aliphatic hydroxyl groups is 1. The Morgan fingerprint density at radius 1 is 1.23 bits per heavy atom. The van der Waals surface area contributed by atoms with E-state index in [0.717, 1.165) is 25.3 Å². The number of hydrogen-bond acceptors (Lipinski definition) is 5. The van der Waals surface area contributed by atoms with Crippen LogP contribution >= 0.6 is 0 Å². The Kier molecular flexibility index (Phi) is 4.40. The van der Waals surface area contributed by atoms with E-state index in [9.17, 15) is 14.6 Å². The van der Waals surface area contributed by atoms with Crippen molar-refractivity contribution >= 4 is 0 Å². The molecule has 1 aliphatic heterocycles. The number of hydrogen-bond donors (Lipinski definition) is 2. The Balaban J connectivity index is 1.39. The van der Waals surface area contributed by atoms with E-state index in [1.165, 1.54) is 12.4 Å². The summed E-state index contributed by atoms with van der Waals surface area (Å²) < 4.78 is 14.0. The van der Waals surface area contributed by atoms with Gasteiger partial charge in [-0.1, -0.05) is 13.0 Å². The van der Waals surface area contributed by atoms with Crippen LogP contribution in [0.5, 0.6) is 5.75 Å². The van der Waals surface area contributed by atoms with Crippen LogP contribution in [0.2, 0.25) is 0 Å². The Morgan fingerprint density at radius 3 is 2.58 bits per heavy atom. The van der Waals surface area contributed by atoms with Gasteiger partial charge in [0.1, 0.15) is 5.75 Å². The fourth-order valence-electron chi connectivity index (χ4n) is 4.72. The molecule has 2 aliphatic rings. The second kappa shape index (κ2) is 6.59. The van der Waals surface area contributed by atoms with Gasteiger partial charge < -0.3 is 15.1 Å². The number of fused-ring (bicyclic) bond motifs is 1. The Labute approximate surface area is 152 Å². The molecule has 2 aromatic heterocycles. The van der Waals surface area contributed by atoms with Crippen LogP contribution in [0.25, 0.3) is 0 Å². The monoisotopic (exact) mass is 357 g/mol. The van der Waals surface area contributed by atoms with Gasteiger partial charge in [0, 0.05) is 43.0 Å². The summed E-state index contributed by atoms with van der Waals surface area (Å²) in [5.41, 5.74) is 0.209. The molecular weight excluding hydrogens is 333 g/mol. The van der Waals surface area contributed by atoms with Gasteiger partial charge in [-0.3, -0.25) is 4.98 Å². The maximum absolute atomic E-state index is 14.0. The van der Waals surface area contributed by atoms with E-state index in [1.54, 1.807) is 18.2 Å². The van der Waals surface area contributed by atoms with E-state index in [2.05, 4.69) is 21.8 Å². The third-order valence-corrected chi connectivity index (χ3v) is 5.92. The van der Waals surface area contributed by atoms with Crippen molar-refractivity contribution in [3.8, 4) is 5.75 Å². The van der Waals surface area contributed by atoms with Crippen LogP contribution in [0, 0.1) is 17.8 Å². The van der Waals surface area contributed by atoms with Crippen molar-refractivity contribution in [1.29, 1.82) is 0 Å². The minimum atomic E-state index is -1.09. The second-order valence-electron chi connectivity index (χ2n) is 7.86. The van der Waals surface area contributed by atoms with Gasteiger partial charge in [-0.05, 0) is 42.9 Å². The summed E-state index contributed by atoms with van der Waals surface area (Å²) in [7, 11) is 0. The highest BCUT2D eigenvalue weighted by atomic mass is 19.1. The summed E-state index contributed by atoms with van der Waals surface area (Å²) in [5.74, 6) is 0.640. The predicted molar refractivity (Wildman–Crippen MR) is 95.1 cm³/mol. The minimum Gasteiger partial charge on any atom is -0.506 e. The summed E-state index contributed by atoms with van der Waals surface area (Å²) in [6, 6.07) is 6.86. The topological polar surface area (TPSA) is 69.5 Å². The first-order chi connectivity index (χ1) is 12.4. The van der Waals surface area contributed by atoms with Crippen molar-refractivity contribution < 1.29 is 14.6 Å². The first-order valence-electron chi connectivity index (χ1n) is 9.15. The normalized spacial score (nSPS) is 29.7. The lowest BCUT2D eigenvalue weighted by molar-refractivity contribution is 0.0270. The highest BCUT2D eigenvalue weighted by molar-refractivity contribution is 5.23. The van der Waals surface area contributed by atoms with Crippen LogP contribution in [0.4, 0.5) is 4.39 Å². The summed E-state index contributed by atoms with van der Waals surface area (Å²) in [6.07, 6.45) is 4.07. The summed E-state index contributed by atoms with van der Waals surface area (Å²) >= 11 is 0. The quantitative estimate of drug-likeness (QED) is 0.824. The van der Waals surface area contributed by atoms with Crippen LogP contribution in [-0.4, -0.2) is 44.7 Å². The van der Waals surface area contributed by atoms with Gasteiger partial charge in [0.2, 0.25) is 5.95 Å². The zero-order valence-electron chi connectivity index (χ0n) is 14.8. The predicted octanol–water partition coefficient (Wildman–Crippen LogP) is 2.65. The highest BCUT2D eigenvalue weighted by Crippen LogP contribution is 2.49. The van der Waals surface area contributed by atoms with E-state index >= 15 is 0 Å². The molecule has 1 aliphatic carbocycles. The van der Waals surface area contributed by atoms with Gasteiger partial charge in [-0.15, -0.1) is 0 Å².